The Labute approximate surface area is 83.1 Å². The van der Waals surface area contributed by atoms with Gasteiger partial charge in [-0.05, 0) is 16.6 Å². The second kappa shape index (κ2) is 4.77. The Hall–Kier alpha value is -0.350. The van der Waals surface area contributed by atoms with Gasteiger partial charge in [0.15, 0.2) is 0 Å². The number of benzene rings is 1. The van der Waals surface area contributed by atoms with E-state index in [-0.39, 0.29) is 7.92 Å². The topological polar surface area (TPSA) is 0 Å². The minimum atomic E-state index is 0.0262. The van der Waals surface area contributed by atoms with Crippen molar-refractivity contribution in [2.24, 2.45) is 0 Å². The van der Waals surface area contributed by atoms with Gasteiger partial charge in [0.05, 0.1) is 0 Å². The molecule has 0 aliphatic carbocycles. The molecule has 1 heteroatoms. The molecule has 0 atom stereocenters. The van der Waals surface area contributed by atoms with Gasteiger partial charge in [-0.2, -0.15) is 0 Å². The van der Waals surface area contributed by atoms with Crippen LogP contribution in [0, 0.1) is 0 Å². The summed E-state index contributed by atoms with van der Waals surface area (Å²) in [6.45, 7) is 9.33. The van der Waals surface area contributed by atoms with Gasteiger partial charge in [0, 0.05) is 0 Å². The lowest BCUT2D eigenvalue weighted by Crippen LogP contribution is -2.14. The van der Waals surface area contributed by atoms with E-state index in [0.717, 1.165) is 11.3 Å². The first-order valence-electron chi connectivity index (χ1n) is 4.96. The van der Waals surface area contributed by atoms with Crippen LogP contribution in [0.5, 0.6) is 0 Å². The lowest BCUT2D eigenvalue weighted by Gasteiger charge is -2.25. The zero-order chi connectivity index (χ0) is 9.84. The van der Waals surface area contributed by atoms with Crippen LogP contribution in [-0.2, 0) is 0 Å². The molecular weight excluding hydrogens is 175 g/mol. The van der Waals surface area contributed by atoms with Crippen molar-refractivity contribution >= 4 is 13.2 Å². The molecule has 0 amide bonds. The Morgan fingerprint density at radius 1 is 0.846 bits per heavy atom. The minimum absolute atomic E-state index is 0.0262. The van der Waals surface area contributed by atoms with Crippen LogP contribution in [0.15, 0.2) is 30.3 Å². The molecule has 0 aromatic heterocycles. The van der Waals surface area contributed by atoms with Crippen LogP contribution >= 0.6 is 7.92 Å². The van der Waals surface area contributed by atoms with Crippen molar-refractivity contribution < 1.29 is 0 Å². The quantitative estimate of drug-likeness (QED) is 0.645. The minimum Gasteiger partial charge on any atom is -0.0701 e. The van der Waals surface area contributed by atoms with Crippen molar-refractivity contribution in [3.8, 4) is 0 Å². The largest absolute Gasteiger partial charge is 0.0701 e. The average molecular weight is 194 g/mol. The SMILES string of the molecule is CC(C)P(c1ccccc1)C(C)C. The summed E-state index contributed by atoms with van der Waals surface area (Å²) in [6.07, 6.45) is 0. The predicted octanol–water partition coefficient (Wildman–Crippen LogP) is 3.61. The van der Waals surface area contributed by atoms with Crippen molar-refractivity contribution in [2.45, 2.75) is 39.0 Å². The Morgan fingerprint density at radius 2 is 1.31 bits per heavy atom. The lowest BCUT2D eigenvalue weighted by atomic mass is 10.4. The van der Waals surface area contributed by atoms with Gasteiger partial charge >= 0.3 is 0 Å². The van der Waals surface area contributed by atoms with E-state index < -0.39 is 0 Å². The maximum Gasteiger partial charge on any atom is -0.0223 e. The van der Waals surface area contributed by atoms with Crippen LogP contribution in [-0.4, -0.2) is 11.3 Å². The zero-order valence-electron chi connectivity index (χ0n) is 8.99. The Balaban J connectivity index is 2.89. The number of hydrogen-bond acceptors (Lipinski definition) is 0. The molecule has 0 nitrogen and oxygen atoms in total. The summed E-state index contributed by atoms with van der Waals surface area (Å²) < 4.78 is 0. The van der Waals surface area contributed by atoms with Gasteiger partial charge in [-0.3, -0.25) is 0 Å². The summed E-state index contributed by atoms with van der Waals surface area (Å²) in [5.41, 5.74) is 1.58. The molecule has 0 fully saturated rings. The highest BCUT2D eigenvalue weighted by Gasteiger charge is 2.17. The third-order valence-electron chi connectivity index (χ3n) is 2.17. The van der Waals surface area contributed by atoms with Crippen molar-refractivity contribution in [1.29, 1.82) is 0 Å². The Kier molecular flexibility index (Phi) is 3.93. The molecule has 72 valence electrons. The number of hydrogen-bond donors (Lipinski definition) is 0. The van der Waals surface area contributed by atoms with E-state index in [2.05, 4.69) is 58.0 Å². The fraction of sp³-hybridized carbons (Fsp3) is 0.500. The van der Waals surface area contributed by atoms with Gasteiger partial charge in [-0.25, -0.2) is 0 Å². The molecule has 0 spiro atoms. The molecule has 0 aliphatic rings. The number of rotatable bonds is 3. The molecule has 0 N–H and O–H groups in total. The highest BCUT2D eigenvalue weighted by atomic mass is 31.1. The van der Waals surface area contributed by atoms with E-state index in [0.29, 0.717) is 0 Å². The highest BCUT2D eigenvalue weighted by molar-refractivity contribution is 7.66. The fourth-order valence-corrected chi connectivity index (χ4v) is 4.69. The second-order valence-corrected chi connectivity index (χ2v) is 7.33. The van der Waals surface area contributed by atoms with Crippen LogP contribution < -0.4 is 5.30 Å². The summed E-state index contributed by atoms with van der Waals surface area (Å²) in [5, 5.41) is 1.54. The molecule has 0 radical (unpaired) electrons. The molecular formula is C12H19P. The average Bonchev–Trinajstić information content (AvgIpc) is 2.04. The third kappa shape index (κ3) is 2.81. The Morgan fingerprint density at radius 3 is 1.69 bits per heavy atom. The summed E-state index contributed by atoms with van der Waals surface area (Å²) in [4.78, 5) is 0. The van der Waals surface area contributed by atoms with Gasteiger partial charge in [-0.1, -0.05) is 65.9 Å². The van der Waals surface area contributed by atoms with E-state index in [1.165, 1.54) is 0 Å². The predicted molar refractivity (Wildman–Crippen MR) is 63.3 cm³/mol. The molecule has 0 saturated heterocycles. The molecule has 1 aromatic rings. The smallest absolute Gasteiger partial charge is 0.0223 e. The van der Waals surface area contributed by atoms with Crippen LogP contribution in [0.4, 0.5) is 0 Å². The first kappa shape index (κ1) is 10.7. The molecule has 13 heavy (non-hydrogen) atoms. The van der Waals surface area contributed by atoms with Gasteiger partial charge in [0.1, 0.15) is 0 Å². The van der Waals surface area contributed by atoms with E-state index in [1.54, 1.807) is 5.30 Å². The maximum atomic E-state index is 2.33. The molecule has 0 bridgehead atoms. The zero-order valence-corrected chi connectivity index (χ0v) is 9.88. The Bertz CT molecular complexity index is 231. The van der Waals surface area contributed by atoms with E-state index in [1.807, 2.05) is 0 Å². The summed E-state index contributed by atoms with van der Waals surface area (Å²) in [5.74, 6) is 0. The third-order valence-corrected chi connectivity index (χ3v) is 5.29. The van der Waals surface area contributed by atoms with Crippen molar-refractivity contribution in [3.63, 3.8) is 0 Å². The summed E-state index contributed by atoms with van der Waals surface area (Å²) in [7, 11) is 0.0262. The monoisotopic (exact) mass is 194 g/mol. The van der Waals surface area contributed by atoms with Gasteiger partial charge in [0.25, 0.3) is 0 Å². The van der Waals surface area contributed by atoms with Crippen LogP contribution in [0.25, 0.3) is 0 Å². The second-order valence-electron chi connectivity index (χ2n) is 3.93. The van der Waals surface area contributed by atoms with Gasteiger partial charge in [-0.15, -0.1) is 0 Å². The van der Waals surface area contributed by atoms with Crippen molar-refractivity contribution in [3.05, 3.63) is 30.3 Å². The first-order chi connectivity index (χ1) is 6.13. The highest BCUT2D eigenvalue weighted by Crippen LogP contribution is 2.44. The molecule has 0 unspecified atom stereocenters. The standard InChI is InChI=1S/C12H19P/c1-10(2)13(11(3)4)12-8-6-5-7-9-12/h5-11H,1-4H3. The van der Waals surface area contributed by atoms with Crippen LogP contribution in [0.2, 0.25) is 0 Å². The molecule has 1 aromatic carbocycles. The maximum absolute atomic E-state index is 2.33. The van der Waals surface area contributed by atoms with Gasteiger partial charge < -0.3 is 0 Å². The van der Waals surface area contributed by atoms with Gasteiger partial charge in [0.2, 0.25) is 0 Å². The molecule has 0 saturated carbocycles. The normalized spacial score (nSPS) is 11.6. The first-order valence-corrected chi connectivity index (χ1v) is 6.44. The molecule has 0 heterocycles. The van der Waals surface area contributed by atoms with Crippen molar-refractivity contribution in [1.82, 2.24) is 0 Å². The molecule has 1 rings (SSSR count). The van der Waals surface area contributed by atoms with E-state index >= 15 is 0 Å². The summed E-state index contributed by atoms with van der Waals surface area (Å²) in [6, 6.07) is 10.9. The summed E-state index contributed by atoms with van der Waals surface area (Å²) >= 11 is 0. The van der Waals surface area contributed by atoms with E-state index in [4.69, 9.17) is 0 Å². The van der Waals surface area contributed by atoms with Crippen LogP contribution in [0.1, 0.15) is 27.7 Å². The molecule has 0 aliphatic heterocycles. The fourth-order valence-electron chi connectivity index (χ4n) is 1.79. The van der Waals surface area contributed by atoms with Crippen molar-refractivity contribution in [2.75, 3.05) is 0 Å². The lowest BCUT2D eigenvalue weighted by molar-refractivity contribution is 1.02. The van der Waals surface area contributed by atoms with Crippen LogP contribution in [0.3, 0.4) is 0 Å². The van der Waals surface area contributed by atoms with E-state index in [9.17, 15) is 0 Å².